The zero-order valence-corrected chi connectivity index (χ0v) is 20.9. The summed E-state index contributed by atoms with van der Waals surface area (Å²) in [6, 6.07) is 4.90. The molecule has 1 saturated heterocycles. The van der Waals surface area contributed by atoms with Crippen LogP contribution in [0.25, 0.3) is 17.0 Å². The summed E-state index contributed by atoms with van der Waals surface area (Å²) in [5.74, 6) is -2.80. The fourth-order valence-electron chi connectivity index (χ4n) is 3.96. The zero-order valence-electron chi connectivity index (χ0n) is 20.9. The number of aromatic amines is 1. The molecule has 0 amide bonds. The monoisotopic (exact) mass is 534 g/mol. The number of esters is 4. The third kappa shape index (κ3) is 7.06. The zero-order chi connectivity index (χ0) is 28.0. The highest BCUT2D eigenvalue weighted by Crippen LogP contribution is 2.35. The number of nitrogens with one attached hydrogen (secondary N) is 1. The van der Waals surface area contributed by atoms with Crippen molar-refractivity contribution in [3.05, 3.63) is 46.3 Å². The molecular weight excluding hydrogens is 508 g/mol. The molecule has 1 aromatic carbocycles. The third-order valence-electron chi connectivity index (χ3n) is 5.27. The smallest absolute Gasteiger partial charge is 0.303 e. The highest BCUT2D eigenvalue weighted by Gasteiger charge is 2.53. The lowest BCUT2D eigenvalue weighted by molar-refractivity contribution is -0.400. The molecule has 1 fully saturated rings. The van der Waals surface area contributed by atoms with E-state index in [4.69, 9.17) is 28.4 Å². The number of fused-ring (bicyclic) bond motifs is 1. The van der Waals surface area contributed by atoms with Crippen LogP contribution < -0.4 is 4.74 Å². The Morgan fingerprint density at radius 3 is 2.21 bits per heavy atom. The number of ether oxygens (including phenoxy) is 6. The molecule has 0 aliphatic carbocycles. The number of carbonyl (C=O) groups excluding carboxylic acids is 4. The van der Waals surface area contributed by atoms with Gasteiger partial charge in [0.15, 0.2) is 12.2 Å². The number of carbonyl (C=O) groups is 4. The number of nitro groups is 1. The Hall–Kier alpha value is -4.46. The van der Waals surface area contributed by atoms with Gasteiger partial charge < -0.3 is 33.4 Å². The first-order chi connectivity index (χ1) is 18.0. The molecule has 0 saturated carbocycles. The molecule has 14 heteroatoms. The number of nitrogens with zero attached hydrogens (tertiary/aromatic N) is 1. The average Bonchev–Trinajstić information content (AvgIpc) is 3.23. The van der Waals surface area contributed by atoms with Crippen LogP contribution in [0.2, 0.25) is 0 Å². The largest absolute Gasteiger partial charge is 0.463 e. The molecule has 5 atom stereocenters. The number of rotatable bonds is 9. The van der Waals surface area contributed by atoms with Crippen LogP contribution in [0.15, 0.2) is 30.6 Å². The molecule has 0 bridgehead atoms. The maximum absolute atomic E-state index is 12.0. The van der Waals surface area contributed by atoms with Crippen molar-refractivity contribution in [2.75, 3.05) is 6.61 Å². The van der Waals surface area contributed by atoms with E-state index in [9.17, 15) is 29.3 Å². The lowest BCUT2D eigenvalue weighted by Crippen LogP contribution is -2.63. The summed E-state index contributed by atoms with van der Waals surface area (Å²) in [5.41, 5.74) is 0.981. The van der Waals surface area contributed by atoms with Crippen LogP contribution in [0, 0.1) is 10.1 Å². The number of benzene rings is 1. The predicted octanol–water partition coefficient (Wildman–Crippen LogP) is 1.88. The standard InChI is InChI=1S/C24H26N2O12/c1-12(27)33-11-19-21(34-13(2)28)22(35-14(3)29)23(36-15(4)30)24(38-19)37-18-7-5-6-17-20(18)16(10-25-17)8-9-26(31)32/h5-10,19,21-25H,11H2,1-4H3/b9-8-/t19?,21-,22?,23?,24+/m0/s1. The summed E-state index contributed by atoms with van der Waals surface area (Å²) < 4.78 is 33.2. The van der Waals surface area contributed by atoms with Crippen molar-refractivity contribution >= 4 is 40.9 Å². The van der Waals surface area contributed by atoms with Crippen molar-refractivity contribution in [3.8, 4) is 5.75 Å². The highest BCUT2D eigenvalue weighted by molar-refractivity contribution is 5.94. The Kier molecular flexibility index (Phi) is 9.02. The topological polar surface area (TPSA) is 183 Å². The molecule has 204 valence electrons. The minimum absolute atomic E-state index is 0.174. The molecule has 3 rings (SSSR count). The van der Waals surface area contributed by atoms with E-state index in [1.165, 1.54) is 12.3 Å². The summed E-state index contributed by atoms with van der Waals surface area (Å²) in [6.45, 7) is 4.08. The van der Waals surface area contributed by atoms with Crippen molar-refractivity contribution in [1.29, 1.82) is 0 Å². The van der Waals surface area contributed by atoms with Crippen molar-refractivity contribution in [2.24, 2.45) is 0 Å². The van der Waals surface area contributed by atoms with E-state index < -0.39 is 66.1 Å². The fourth-order valence-corrected chi connectivity index (χ4v) is 3.96. The average molecular weight is 534 g/mol. The van der Waals surface area contributed by atoms with Crippen molar-refractivity contribution in [3.63, 3.8) is 0 Å². The van der Waals surface area contributed by atoms with Gasteiger partial charge in [-0.2, -0.15) is 0 Å². The summed E-state index contributed by atoms with van der Waals surface area (Å²) in [5, 5.41) is 11.3. The van der Waals surface area contributed by atoms with E-state index >= 15 is 0 Å². The third-order valence-corrected chi connectivity index (χ3v) is 5.27. The molecule has 0 spiro atoms. The van der Waals surface area contributed by atoms with Crippen LogP contribution in [0.5, 0.6) is 5.75 Å². The van der Waals surface area contributed by atoms with Gasteiger partial charge in [-0.15, -0.1) is 0 Å². The van der Waals surface area contributed by atoms with Gasteiger partial charge in [0.25, 0.3) is 0 Å². The Morgan fingerprint density at radius 1 is 0.974 bits per heavy atom. The van der Waals surface area contributed by atoms with Gasteiger partial charge in [0.2, 0.25) is 18.6 Å². The fraction of sp³-hybridized carbons (Fsp3) is 0.417. The Morgan fingerprint density at radius 2 is 1.61 bits per heavy atom. The SMILES string of the molecule is CC(=O)OCC1O[C@@H](Oc2cccc3[nH]cc(/C=C\[N+](=O)[O-])c23)C(OC(C)=O)C(OC(C)=O)[C@H]1OC(C)=O. The van der Waals surface area contributed by atoms with E-state index in [0.29, 0.717) is 16.5 Å². The molecule has 0 radical (unpaired) electrons. The maximum atomic E-state index is 12.0. The molecule has 1 aliphatic rings. The highest BCUT2D eigenvalue weighted by atomic mass is 16.7. The van der Waals surface area contributed by atoms with Crippen molar-refractivity contribution in [2.45, 2.75) is 58.4 Å². The summed E-state index contributed by atoms with van der Waals surface area (Å²) >= 11 is 0. The van der Waals surface area contributed by atoms with E-state index in [2.05, 4.69) is 4.98 Å². The van der Waals surface area contributed by atoms with E-state index in [0.717, 1.165) is 33.9 Å². The predicted molar refractivity (Wildman–Crippen MR) is 127 cm³/mol. The van der Waals surface area contributed by atoms with E-state index in [-0.39, 0.29) is 5.75 Å². The lowest BCUT2D eigenvalue weighted by Gasteiger charge is -2.44. The van der Waals surface area contributed by atoms with Crippen LogP contribution in [-0.4, -0.2) is 71.1 Å². The molecule has 38 heavy (non-hydrogen) atoms. The first-order valence-electron chi connectivity index (χ1n) is 11.3. The molecule has 1 aromatic heterocycles. The number of aromatic nitrogens is 1. The first kappa shape index (κ1) is 28.1. The second-order valence-electron chi connectivity index (χ2n) is 8.21. The Balaban J connectivity index is 2.08. The second kappa shape index (κ2) is 12.2. The Labute approximate surface area is 215 Å². The van der Waals surface area contributed by atoms with Gasteiger partial charge in [0, 0.05) is 56.4 Å². The second-order valence-corrected chi connectivity index (χ2v) is 8.21. The molecule has 1 N–H and O–H groups in total. The van der Waals surface area contributed by atoms with Crippen LogP contribution in [0.4, 0.5) is 0 Å². The molecule has 2 aromatic rings. The molecule has 1 aliphatic heterocycles. The summed E-state index contributed by atoms with van der Waals surface area (Å²) in [6.07, 6.45) is -3.26. The minimum atomic E-state index is -1.46. The van der Waals surface area contributed by atoms with Crippen LogP contribution in [0.3, 0.4) is 0 Å². The maximum Gasteiger partial charge on any atom is 0.303 e. The van der Waals surface area contributed by atoms with Gasteiger partial charge in [-0.05, 0) is 12.1 Å². The van der Waals surface area contributed by atoms with Crippen LogP contribution >= 0.6 is 0 Å². The molecular formula is C24H26N2O12. The normalized spacial score (nSPS) is 23.0. The van der Waals surface area contributed by atoms with Gasteiger partial charge in [0.05, 0.1) is 4.92 Å². The van der Waals surface area contributed by atoms with Gasteiger partial charge in [0.1, 0.15) is 18.5 Å². The Bertz CT molecular complexity index is 1250. The number of hydrogen-bond donors (Lipinski definition) is 1. The number of H-pyrrole nitrogens is 1. The minimum Gasteiger partial charge on any atom is -0.463 e. The summed E-state index contributed by atoms with van der Waals surface area (Å²) in [7, 11) is 0. The van der Waals surface area contributed by atoms with Crippen LogP contribution in [0.1, 0.15) is 33.3 Å². The van der Waals surface area contributed by atoms with Gasteiger partial charge in [-0.3, -0.25) is 29.3 Å². The lowest BCUT2D eigenvalue weighted by atomic mass is 9.98. The molecule has 14 nitrogen and oxygen atoms in total. The van der Waals surface area contributed by atoms with Crippen LogP contribution in [-0.2, 0) is 42.9 Å². The number of hydrogen-bond acceptors (Lipinski definition) is 12. The van der Waals surface area contributed by atoms with Gasteiger partial charge >= 0.3 is 23.9 Å². The van der Waals surface area contributed by atoms with Crippen molar-refractivity contribution in [1.82, 2.24) is 4.98 Å². The molecule has 3 unspecified atom stereocenters. The van der Waals surface area contributed by atoms with Crippen molar-refractivity contribution < 1.29 is 52.5 Å². The van der Waals surface area contributed by atoms with E-state index in [1.54, 1.807) is 18.2 Å². The first-order valence-corrected chi connectivity index (χ1v) is 11.3. The summed E-state index contributed by atoms with van der Waals surface area (Å²) in [4.78, 5) is 60.6. The van der Waals surface area contributed by atoms with Gasteiger partial charge in [-0.25, -0.2) is 0 Å². The van der Waals surface area contributed by atoms with Gasteiger partial charge in [-0.1, -0.05) is 6.07 Å². The quantitative estimate of drug-likeness (QED) is 0.214. The molecule has 2 heterocycles. The van der Waals surface area contributed by atoms with E-state index in [1.807, 2.05) is 0 Å².